The number of ether oxygens (including phenoxy) is 1. The molecule has 0 saturated carbocycles. The number of nitriles is 1. The highest BCUT2D eigenvalue weighted by Crippen LogP contribution is 2.48. The normalized spacial score (nSPS) is 24.9. The molecule has 1 N–H and O–H groups in total. The average Bonchev–Trinajstić information content (AvgIpc) is 3.60. The summed E-state index contributed by atoms with van der Waals surface area (Å²) in [5.74, 6) is -2.66. The average molecular weight is 737 g/mol. The molecule has 15 heteroatoms. The molecule has 51 heavy (non-hydrogen) atoms. The van der Waals surface area contributed by atoms with E-state index < -0.39 is 69.4 Å². The molecule has 8 nitrogen and oxygen atoms in total. The molecule has 0 bridgehead atoms. The van der Waals surface area contributed by atoms with Crippen LogP contribution in [0.5, 0.6) is 5.75 Å². The minimum atomic E-state index is -4.91. The SMILES string of the molecule is CCC[C@H]1N(C(=O)c2cnccc2C(F)(F)F)CCC[C@@]1(Oc1csc(C(F)(F)F)c1)C(=O)N1CCC(C#N)CC1(c1ccccc1)C(O)CC. The third-order valence-corrected chi connectivity index (χ3v) is 10.9. The molecular weight excluding hydrogens is 698 g/mol. The van der Waals surface area contributed by atoms with Crippen molar-refractivity contribution >= 4 is 23.2 Å². The van der Waals surface area contributed by atoms with Crippen LogP contribution in [0.25, 0.3) is 0 Å². The van der Waals surface area contributed by atoms with E-state index in [9.17, 15) is 41.5 Å². The van der Waals surface area contributed by atoms with Crippen molar-refractivity contribution in [3.63, 3.8) is 0 Å². The lowest BCUT2D eigenvalue weighted by molar-refractivity contribution is -0.177. The summed E-state index contributed by atoms with van der Waals surface area (Å²) in [6.07, 6.45) is -8.37. The predicted octanol–water partition coefficient (Wildman–Crippen LogP) is 7.83. The largest absolute Gasteiger partial charge is 0.474 e. The Kier molecular flexibility index (Phi) is 11.1. The molecule has 5 atom stereocenters. The zero-order valence-electron chi connectivity index (χ0n) is 28.0. The van der Waals surface area contributed by atoms with Crippen LogP contribution in [-0.4, -0.2) is 62.5 Å². The van der Waals surface area contributed by atoms with E-state index in [-0.39, 0.29) is 57.4 Å². The Hall–Kier alpha value is -4.16. The first-order valence-corrected chi connectivity index (χ1v) is 17.6. The van der Waals surface area contributed by atoms with Gasteiger partial charge in [-0.1, -0.05) is 50.6 Å². The van der Waals surface area contributed by atoms with Gasteiger partial charge in [0.1, 0.15) is 10.6 Å². The standard InChI is InChI=1S/C36H38F6N4O4S/c1-3-9-28-34(50-25-18-30(51-22-25)36(40,41)42,14-8-16-45(28)31(48)26-21-44-15-12-27(26)35(37,38)39)32(49)46-17-13-23(20-43)19-33(46,29(47)4-2)24-10-6-5-7-11-24/h5-7,10-12,15,18,21-23,28-29,47H,3-4,8-9,13-14,16-17,19H2,1-2H3/t23?,28-,29?,33?,34+/m1/s1. The van der Waals surface area contributed by atoms with Gasteiger partial charge in [-0.15, -0.1) is 11.3 Å². The topological polar surface area (TPSA) is 107 Å². The molecule has 2 aliphatic rings. The van der Waals surface area contributed by atoms with Crippen LogP contribution >= 0.6 is 11.3 Å². The Morgan fingerprint density at radius 1 is 1.12 bits per heavy atom. The third-order valence-electron chi connectivity index (χ3n) is 9.94. The van der Waals surface area contributed by atoms with Crippen LogP contribution < -0.4 is 4.74 Å². The molecule has 274 valence electrons. The maximum absolute atomic E-state index is 15.6. The number of aromatic nitrogens is 1. The number of aliphatic hydroxyl groups excluding tert-OH is 1. The lowest BCUT2D eigenvalue weighted by atomic mass is 9.70. The lowest BCUT2D eigenvalue weighted by Crippen LogP contribution is -2.72. The highest BCUT2D eigenvalue weighted by Gasteiger charge is 2.60. The van der Waals surface area contributed by atoms with E-state index in [2.05, 4.69) is 11.1 Å². The highest BCUT2D eigenvalue weighted by molar-refractivity contribution is 7.10. The summed E-state index contributed by atoms with van der Waals surface area (Å²) in [6.45, 7) is 3.36. The summed E-state index contributed by atoms with van der Waals surface area (Å²) in [4.78, 5) is 35.1. The summed E-state index contributed by atoms with van der Waals surface area (Å²) in [7, 11) is 0. The molecule has 2 fully saturated rings. The molecule has 0 spiro atoms. The molecule has 2 aliphatic heterocycles. The van der Waals surface area contributed by atoms with Gasteiger partial charge in [0.2, 0.25) is 5.60 Å². The number of alkyl halides is 6. The number of hydrogen-bond acceptors (Lipinski definition) is 7. The number of carbonyl (C=O) groups excluding carboxylic acids is 2. The van der Waals surface area contributed by atoms with Gasteiger partial charge in [-0.2, -0.15) is 31.6 Å². The van der Waals surface area contributed by atoms with Crippen molar-refractivity contribution in [2.75, 3.05) is 13.1 Å². The number of likely N-dealkylation sites (tertiary alicyclic amines) is 2. The van der Waals surface area contributed by atoms with Crippen LogP contribution in [0, 0.1) is 17.2 Å². The number of benzene rings is 1. The number of aliphatic hydroxyl groups is 1. The molecule has 3 aromatic rings. The van der Waals surface area contributed by atoms with Crippen molar-refractivity contribution in [3.8, 4) is 11.8 Å². The minimum Gasteiger partial charge on any atom is -0.474 e. The molecule has 5 rings (SSSR count). The van der Waals surface area contributed by atoms with E-state index in [0.29, 0.717) is 29.4 Å². The Morgan fingerprint density at radius 3 is 2.45 bits per heavy atom. The first kappa shape index (κ1) is 38.1. The smallest absolute Gasteiger partial charge is 0.425 e. The van der Waals surface area contributed by atoms with Gasteiger partial charge in [0.15, 0.2) is 0 Å². The molecule has 1 aromatic carbocycles. The summed E-state index contributed by atoms with van der Waals surface area (Å²) >= 11 is 0.358. The fraction of sp³-hybridized carbons (Fsp3) is 0.500. The second-order valence-electron chi connectivity index (χ2n) is 13.0. The van der Waals surface area contributed by atoms with E-state index in [1.54, 1.807) is 44.2 Å². The number of thiophene rings is 1. The lowest BCUT2D eigenvalue weighted by Gasteiger charge is -2.56. The minimum absolute atomic E-state index is 0.0345. The summed E-state index contributed by atoms with van der Waals surface area (Å²) in [6, 6.07) is 11.1. The van der Waals surface area contributed by atoms with E-state index in [4.69, 9.17) is 4.74 Å². The number of hydrogen-bond donors (Lipinski definition) is 1. The molecule has 0 aliphatic carbocycles. The van der Waals surface area contributed by atoms with Crippen molar-refractivity contribution < 1.29 is 45.8 Å². The molecule has 4 heterocycles. The number of rotatable bonds is 9. The van der Waals surface area contributed by atoms with Crippen molar-refractivity contribution in [2.45, 2.75) is 94.4 Å². The number of amides is 2. The van der Waals surface area contributed by atoms with E-state index in [0.717, 1.165) is 28.7 Å². The second kappa shape index (κ2) is 14.8. The molecule has 3 unspecified atom stereocenters. The number of piperidine rings is 2. The van der Waals surface area contributed by atoms with Crippen molar-refractivity contribution in [1.82, 2.24) is 14.8 Å². The maximum atomic E-state index is 15.6. The Bertz CT molecular complexity index is 1750. The monoisotopic (exact) mass is 736 g/mol. The van der Waals surface area contributed by atoms with E-state index >= 15 is 4.79 Å². The zero-order valence-corrected chi connectivity index (χ0v) is 28.8. The number of nitrogens with zero attached hydrogens (tertiary/aromatic N) is 4. The first-order chi connectivity index (χ1) is 24.1. The van der Waals surface area contributed by atoms with Crippen molar-refractivity contribution in [1.29, 1.82) is 5.26 Å². The van der Waals surface area contributed by atoms with Gasteiger partial charge in [-0.25, -0.2) is 0 Å². The number of pyridine rings is 1. The van der Waals surface area contributed by atoms with E-state index in [1.807, 2.05) is 0 Å². The number of halogens is 6. The summed E-state index contributed by atoms with van der Waals surface area (Å²) in [5.41, 5.74) is -5.01. The highest BCUT2D eigenvalue weighted by atomic mass is 32.1. The van der Waals surface area contributed by atoms with Gasteiger partial charge in [0, 0.05) is 43.4 Å². The Labute approximate surface area is 295 Å². The fourth-order valence-electron chi connectivity index (χ4n) is 7.64. The molecule has 2 amide bonds. The van der Waals surface area contributed by atoms with Crippen LogP contribution in [0.15, 0.2) is 60.2 Å². The fourth-order valence-corrected chi connectivity index (χ4v) is 8.32. The van der Waals surface area contributed by atoms with E-state index in [1.165, 1.54) is 4.90 Å². The van der Waals surface area contributed by atoms with Crippen LogP contribution in [0.4, 0.5) is 26.3 Å². The van der Waals surface area contributed by atoms with Crippen LogP contribution in [0.1, 0.15) is 85.2 Å². The predicted molar refractivity (Wildman–Crippen MR) is 175 cm³/mol. The zero-order chi connectivity index (χ0) is 37.2. The summed E-state index contributed by atoms with van der Waals surface area (Å²) < 4.78 is 90.1. The second-order valence-corrected chi connectivity index (χ2v) is 13.9. The van der Waals surface area contributed by atoms with Gasteiger partial charge in [-0.3, -0.25) is 14.6 Å². The van der Waals surface area contributed by atoms with Crippen LogP contribution in [-0.2, 0) is 22.7 Å². The van der Waals surface area contributed by atoms with Gasteiger partial charge >= 0.3 is 12.4 Å². The van der Waals surface area contributed by atoms with Gasteiger partial charge in [0.05, 0.1) is 40.8 Å². The van der Waals surface area contributed by atoms with Crippen molar-refractivity contribution in [3.05, 3.63) is 81.8 Å². The van der Waals surface area contributed by atoms with Gasteiger partial charge < -0.3 is 19.6 Å². The first-order valence-electron chi connectivity index (χ1n) is 16.8. The molecule has 2 saturated heterocycles. The van der Waals surface area contributed by atoms with Crippen molar-refractivity contribution in [2.24, 2.45) is 5.92 Å². The summed E-state index contributed by atoms with van der Waals surface area (Å²) in [5, 5.41) is 22.9. The third kappa shape index (κ3) is 7.17. The van der Waals surface area contributed by atoms with Crippen LogP contribution in [0.2, 0.25) is 0 Å². The Balaban J connectivity index is 1.72. The molecule has 0 radical (unpaired) electrons. The molecular formula is C36H38F6N4O4S. The van der Waals surface area contributed by atoms with Gasteiger partial charge in [0.25, 0.3) is 11.8 Å². The quantitative estimate of drug-likeness (QED) is 0.225. The molecule has 2 aromatic heterocycles. The van der Waals surface area contributed by atoms with Gasteiger partial charge in [-0.05, 0) is 43.7 Å². The maximum Gasteiger partial charge on any atom is 0.425 e. The van der Waals surface area contributed by atoms with Crippen LogP contribution in [0.3, 0.4) is 0 Å². The number of carbonyl (C=O) groups is 2. The Morgan fingerprint density at radius 2 is 1.84 bits per heavy atom.